The quantitative estimate of drug-likeness (QED) is 0.634. The van der Waals surface area contributed by atoms with Crippen molar-refractivity contribution in [3.8, 4) is 0 Å². The topological polar surface area (TPSA) is 36.4 Å². The Kier molecular flexibility index (Phi) is 4.18. The molecule has 1 saturated carbocycles. The van der Waals surface area contributed by atoms with Gasteiger partial charge in [-0.3, -0.25) is 4.99 Å². The summed E-state index contributed by atoms with van der Waals surface area (Å²) in [6.45, 7) is 3.42. The summed E-state index contributed by atoms with van der Waals surface area (Å²) in [4.78, 5) is 4.16. The molecule has 1 fully saturated rings. The maximum Gasteiger partial charge on any atom is 0.191 e. The SMILES string of the molecule is CN=C(NCc1ccc(F)c(C)c1)NCC1CC1. The molecular formula is C14H20FN3. The molecule has 1 aliphatic carbocycles. The number of nitrogens with one attached hydrogen (secondary N) is 2. The molecule has 0 atom stereocenters. The molecule has 0 aliphatic heterocycles. The number of hydrogen-bond donors (Lipinski definition) is 2. The number of rotatable bonds is 4. The molecule has 0 aromatic heterocycles. The number of aryl methyl sites for hydroxylation is 1. The number of hydrogen-bond acceptors (Lipinski definition) is 1. The lowest BCUT2D eigenvalue weighted by molar-refractivity contribution is 0.617. The van der Waals surface area contributed by atoms with Crippen LogP contribution in [-0.2, 0) is 6.54 Å². The largest absolute Gasteiger partial charge is 0.356 e. The van der Waals surface area contributed by atoms with E-state index in [0.717, 1.165) is 24.0 Å². The molecule has 1 aliphatic rings. The summed E-state index contributed by atoms with van der Waals surface area (Å²) in [5, 5.41) is 6.52. The monoisotopic (exact) mass is 249 g/mol. The van der Waals surface area contributed by atoms with E-state index in [-0.39, 0.29) is 5.82 Å². The first-order valence-corrected chi connectivity index (χ1v) is 6.38. The lowest BCUT2D eigenvalue weighted by Crippen LogP contribution is -2.37. The number of aliphatic imine (C=N–C) groups is 1. The minimum atomic E-state index is -0.157. The van der Waals surface area contributed by atoms with Crippen molar-refractivity contribution in [3.63, 3.8) is 0 Å². The van der Waals surface area contributed by atoms with Crippen molar-refractivity contribution >= 4 is 5.96 Å². The van der Waals surface area contributed by atoms with Gasteiger partial charge in [-0.1, -0.05) is 12.1 Å². The van der Waals surface area contributed by atoms with Gasteiger partial charge in [0.05, 0.1) is 0 Å². The predicted molar refractivity (Wildman–Crippen MR) is 72.1 cm³/mol. The molecule has 18 heavy (non-hydrogen) atoms. The van der Waals surface area contributed by atoms with Crippen molar-refractivity contribution < 1.29 is 4.39 Å². The van der Waals surface area contributed by atoms with Crippen molar-refractivity contribution in [1.82, 2.24) is 10.6 Å². The van der Waals surface area contributed by atoms with Crippen molar-refractivity contribution in [1.29, 1.82) is 0 Å². The van der Waals surface area contributed by atoms with Crippen molar-refractivity contribution in [2.45, 2.75) is 26.3 Å². The predicted octanol–water partition coefficient (Wildman–Crippen LogP) is 2.21. The van der Waals surface area contributed by atoms with Gasteiger partial charge >= 0.3 is 0 Å². The van der Waals surface area contributed by atoms with Gasteiger partial charge < -0.3 is 10.6 Å². The zero-order chi connectivity index (χ0) is 13.0. The summed E-state index contributed by atoms with van der Waals surface area (Å²) >= 11 is 0. The second-order valence-electron chi connectivity index (χ2n) is 4.83. The van der Waals surface area contributed by atoms with Gasteiger partial charge in [-0.15, -0.1) is 0 Å². The third kappa shape index (κ3) is 3.72. The molecule has 0 saturated heterocycles. The number of nitrogens with zero attached hydrogens (tertiary/aromatic N) is 1. The summed E-state index contributed by atoms with van der Waals surface area (Å²) in [7, 11) is 1.76. The smallest absolute Gasteiger partial charge is 0.191 e. The second-order valence-corrected chi connectivity index (χ2v) is 4.83. The maximum atomic E-state index is 13.1. The maximum absolute atomic E-state index is 13.1. The summed E-state index contributed by atoms with van der Waals surface area (Å²) in [5.74, 6) is 1.47. The minimum absolute atomic E-state index is 0.157. The van der Waals surface area contributed by atoms with E-state index in [2.05, 4.69) is 15.6 Å². The Morgan fingerprint density at radius 2 is 2.17 bits per heavy atom. The van der Waals surface area contributed by atoms with Crippen LogP contribution < -0.4 is 10.6 Å². The van der Waals surface area contributed by atoms with Crippen LogP contribution in [0.25, 0.3) is 0 Å². The summed E-state index contributed by atoms with van der Waals surface area (Å²) in [6, 6.07) is 5.16. The van der Waals surface area contributed by atoms with Gasteiger partial charge in [0.15, 0.2) is 5.96 Å². The van der Waals surface area contributed by atoms with Gasteiger partial charge in [0, 0.05) is 20.1 Å². The van der Waals surface area contributed by atoms with Crippen LogP contribution in [-0.4, -0.2) is 19.6 Å². The minimum Gasteiger partial charge on any atom is -0.356 e. The van der Waals surface area contributed by atoms with E-state index in [0.29, 0.717) is 12.1 Å². The van der Waals surface area contributed by atoms with E-state index in [1.807, 2.05) is 6.07 Å². The van der Waals surface area contributed by atoms with E-state index >= 15 is 0 Å². The van der Waals surface area contributed by atoms with Gasteiger partial charge in [0.2, 0.25) is 0 Å². The first kappa shape index (κ1) is 12.9. The molecule has 0 unspecified atom stereocenters. The first-order chi connectivity index (χ1) is 8.69. The zero-order valence-corrected chi connectivity index (χ0v) is 11.0. The number of guanidine groups is 1. The van der Waals surface area contributed by atoms with Crippen molar-refractivity contribution in [2.24, 2.45) is 10.9 Å². The van der Waals surface area contributed by atoms with Gasteiger partial charge in [0.25, 0.3) is 0 Å². The fraction of sp³-hybridized carbons (Fsp3) is 0.500. The molecule has 0 amide bonds. The van der Waals surface area contributed by atoms with Crippen LogP contribution in [0, 0.1) is 18.7 Å². The van der Waals surface area contributed by atoms with Crippen LogP contribution >= 0.6 is 0 Å². The third-order valence-corrected chi connectivity index (χ3v) is 3.16. The van der Waals surface area contributed by atoms with Crippen molar-refractivity contribution in [2.75, 3.05) is 13.6 Å². The summed E-state index contributed by atoms with van der Waals surface area (Å²) < 4.78 is 13.1. The Morgan fingerprint density at radius 3 is 2.78 bits per heavy atom. The molecule has 0 spiro atoms. The molecule has 4 heteroatoms. The second kappa shape index (κ2) is 5.85. The zero-order valence-electron chi connectivity index (χ0n) is 11.0. The molecule has 3 nitrogen and oxygen atoms in total. The van der Waals surface area contributed by atoms with E-state index in [1.54, 1.807) is 20.0 Å². The number of benzene rings is 1. The van der Waals surface area contributed by atoms with Crippen LogP contribution in [0.1, 0.15) is 24.0 Å². The fourth-order valence-corrected chi connectivity index (χ4v) is 1.79. The Balaban J connectivity index is 1.82. The highest BCUT2D eigenvalue weighted by Gasteiger charge is 2.20. The highest BCUT2D eigenvalue weighted by atomic mass is 19.1. The molecule has 2 N–H and O–H groups in total. The van der Waals surface area contributed by atoms with Gasteiger partial charge in [0.1, 0.15) is 5.82 Å². The van der Waals surface area contributed by atoms with Crippen LogP contribution in [0.4, 0.5) is 4.39 Å². The third-order valence-electron chi connectivity index (χ3n) is 3.16. The molecule has 1 aromatic rings. The average molecular weight is 249 g/mol. The lowest BCUT2D eigenvalue weighted by atomic mass is 10.1. The molecular weight excluding hydrogens is 229 g/mol. The van der Waals surface area contributed by atoms with E-state index < -0.39 is 0 Å². The lowest BCUT2D eigenvalue weighted by Gasteiger charge is -2.12. The Morgan fingerprint density at radius 1 is 1.39 bits per heavy atom. The summed E-state index contributed by atoms with van der Waals surface area (Å²) in [5.41, 5.74) is 1.73. The van der Waals surface area contributed by atoms with Gasteiger partial charge in [-0.2, -0.15) is 0 Å². The molecule has 0 bridgehead atoms. The van der Waals surface area contributed by atoms with Crippen molar-refractivity contribution in [3.05, 3.63) is 35.1 Å². The van der Waals surface area contributed by atoms with Crippen LogP contribution in [0.15, 0.2) is 23.2 Å². The molecule has 0 heterocycles. The average Bonchev–Trinajstić information content (AvgIpc) is 3.18. The van der Waals surface area contributed by atoms with Crippen LogP contribution in [0.2, 0.25) is 0 Å². The molecule has 98 valence electrons. The first-order valence-electron chi connectivity index (χ1n) is 6.38. The van der Waals surface area contributed by atoms with E-state index in [9.17, 15) is 4.39 Å². The molecule has 1 aromatic carbocycles. The molecule has 2 rings (SSSR count). The standard InChI is InChI=1S/C14H20FN3/c1-10-7-12(5-6-13(10)15)9-18-14(16-2)17-8-11-3-4-11/h5-7,11H,3-4,8-9H2,1-2H3,(H2,16,17,18). The Labute approximate surface area is 108 Å². The molecule has 0 radical (unpaired) electrons. The highest BCUT2D eigenvalue weighted by Crippen LogP contribution is 2.27. The summed E-state index contributed by atoms with van der Waals surface area (Å²) in [6.07, 6.45) is 2.64. The van der Waals surface area contributed by atoms with Crippen LogP contribution in [0.5, 0.6) is 0 Å². The highest BCUT2D eigenvalue weighted by molar-refractivity contribution is 5.79. The fourth-order valence-electron chi connectivity index (χ4n) is 1.79. The van der Waals surface area contributed by atoms with Crippen LogP contribution in [0.3, 0.4) is 0 Å². The van der Waals surface area contributed by atoms with E-state index in [1.165, 1.54) is 18.9 Å². The van der Waals surface area contributed by atoms with Gasteiger partial charge in [-0.25, -0.2) is 4.39 Å². The number of halogens is 1. The normalized spacial score (nSPS) is 15.6. The Bertz CT molecular complexity index is 439. The van der Waals surface area contributed by atoms with Gasteiger partial charge in [-0.05, 0) is 42.9 Å². The van der Waals surface area contributed by atoms with E-state index in [4.69, 9.17) is 0 Å². The Hall–Kier alpha value is -1.58.